The predicted octanol–water partition coefficient (Wildman–Crippen LogP) is 5.45. The second kappa shape index (κ2) is 11.1. The Morgan fingerprint density at radius 3 is 1.74 bits per heavy atom. The van der Waals surface area contributed by atoms with E-state index in [0.29, 0.717) is 36.3 Å². The van der Waals surface area contributed by atoms with E-state index in [1.165, 1.54) is 7.11 Å². The highest BCUT2D eigenvalue weighted by atomic mass is 31.2. The molecule has 0 amide bonds. The lowest BCUT2D eigenvalue weighted by Crippen LogP contribution is -2.43. The second-order valence-corrected chi connectivity index (χ2v) is 9.50. The Labute approximate surface area is 167 Å². The Bertz CT molecular complexity index is 555. The topological polar surface area (TPSA) is 42.0 Å². The SMILES string of the molecule is COC(=O)c1ccccc1COP(N(C(C)C)C(C)C)N(C(C)C)C(C)C. The molecule has 154 valence electrons. The van der Waals surface area contributed by atoms with Crippen molar-refractivity contribution in [3.8, 4) is 0 Å². The lowest BCUT2D eigenvalue weighted by molar-refractivity contribution is 0.0597. The maximum absolute atomic E-state index is 12.1. The van der Waals surface area contributed by atoms with Crippen LogP contribution in [-0.4, -0.2) is 46.6 Å². The zero-order valence-electron chi connectivity index (χ0n) is 18.4. The van der Waals surface area contributed by atoms with Crippen LogP contribution < -0.4 is 0 Å². The Kier molecular flexibility index (Phi) is 9.89. The van der Waals surface area contributed by atoms with Crippen LogP contribution in [0.3, 0.4) is 0 Å². The summed E-state index contributed by atoms with van der Waals surface area (Å²) >= 11 is 0. The number of carbonyl (C=O) groups is 1. The Morgan fingerprint density at radius 1 is 0.889 bits per heavy atom. The number of hydrogen-bond donors (Lipinski definition) is 0. The quantitative estimate of drug-likeness (QED) is 0.388. The number of methoxy groups -OCH3 is 1. The van der Waals surface area contributed by atoms with Crippen LogP contribution in [0.15, 0.2) is 24.3 Å². The van der Waals surface area contributed by atoms with Crippen molar-refractivity contribution in [2.24, 2.45) is 0 Å². The molecule has 1 rings (SSSR count). The van der Waals surface area contributed by atoms with E-state index in [4.69, 9.17) is 9.26 Å². The fourth-order valence-corrected chi connectivity index (χ4v) is 5.66. The predicted molar refractivity (Wildman–Crippen MR) is 114 cm³/mol. The Morgan fingerprint density at radius 2 is 1.33 bits per heavy atom. The minimum atomic E-state index is -0.990. The third kappa shape index (κ3) is 6.53. The largest absolute Gasteiger partial charge is 0.465 e. The van der Waals surface area contributed by atoms with Gasteiger partial charge in [0.2, 0.25) is 0 Å². The van der Waals surface area contributed by atoms with Crippen LogP contribution in [0.5, 0.6) is 0 Å². The lowest BCUT2D eigenvalue weighted by Gasteiger charge is -2.45. The van der Waals surface area contributed by atoms with Gasteiger partial charge in [0.05, 0.1) is 19.3 Å². The highest BCUT2D eigenvalue weighted by Gasteiger charge is 2.34. The second-order valence-electron chi connectivity index (χ2n) is 7.81. The summed E-state index contributed by atoms with van der Waals surface area (Å²) in [5, 5.41) is 0. The van der Waals surface area contributed by atoms with Crippen LogP contribution in [0.1, 0.15) is 71.3 Å². The first kappa shape index (κ1) is 24.0. The van der Waals surface area contributed by atoms with E-state index in [9.17, 15) is 4.79 Å². The molecule has 0 spiro atoms. The number of ether oxygens (including phenoxy) is 1. The van der Waals surface area contributed by atoms with Gasteiger partial charge in [-0.25, -0.2) is 14.1 Å². The summed E-state index contributed by atoms with van der Waals surface area (Å²) < 4.78 is 16.3. The average Bonchev–Trinajstić information content (AvgIpc) is 2.57. The molecule has 0 aromatic heterocycles. The summed E-state index contributed by atoms with van der Waals surface area (Å²) in [4.78, 5) is 12.1. The molecule has 0 aliphatic heterocycles. The number of benzene rings is 1. The summed E-state index contributed by atoms with van der Waals surface area (Å²) in [7, 11) is 0.418. The third-order valence-electron chi connectivity index (χ3n) is 4.27. The van der Waals surface area contributed by atoms with Gasteiger partial charge in [-0.15, -0.1) is 0 Å². The summed E-state index contributed by atoms with van der Waals surface area (Å²) in [6.07, 6.45) is 0. The first-order valence-corrected chi connectivity index (χ1v) is 10.9. The standard InChI is InChI=1S/C21H37N2O3P/c1-15(2)22(16(3)4)27(23(17(5)6)18(7)8)26-14-19-12-10-11-13-20(19)21(24)25-9/h10-13,15-18H,14H2,1-9H3. The highest BCUT2D eigenvalue weighted by Crippen LogP contribution is 2.51. The highest BCUT2D eigenvalue weighted by molar-refractivity contribution is 7.47. The number of nitrogens with zero attached hydrogens (tertiary/aromatic N) is 2. The van der Waals surface area contributed by atoms with Crippen LogP contribution in [0, 0.1) is 0 Å². The van der Waals surface area contributed by atoms with E-state index >= 15 is 0 Å². The molecular weight excluding hydrogens is 359 g/mol. The third-order valence-corrected chi connectivity index (χ3v) is 7.27. The Balaban J connectivity index is 3.21. The molecule has 27 heavy (non-hydrogen) atoms. The van der Waals surface area contributed by atoms with Crippen molar-refractivity contribution >= 4 is 14.4 Å². The van der Waals surface area contributed by atoms with E-state index in [-0.39, 0.29) is 5.97 Å². The maximum atomic E-state index is 12.1. The molecule has 1 aromatic carbocycles. The number of esters is 1. The van der Waals surface area contributed by atoms with Gasteiger partial charge in [0.25, 0.3) is 0 Å². The van der Waals surface area contributed by atoms with E-state index in [2.05, 4.69) is 64.7 Å². The molecule has 0 heterocycles. The van der Waals surface area contributed by atoms with E-state index in [1.54, 1.807) is 6.07 Å². The zero-order valence-corrected chi connectivity index (χ0v) is 19.3. The van der Waals surface area contributed by atoms with Crippen molar-refractivity contribution in [2.45, 2.75) is 86.2 Å². The summed E-state index contributed by atoms with van der Waals surface area (Å²) in [5.74, 6) is -0.326. The average molecular weight is 397 g/mol. The molecule has 0 atom stereocenters. The summed E-state index contributed by atoms with van der Waals surface area (Å²) in [5.41, 5.74) is 1.42. The van der Waals surface area contributed by atoms with Crippen molar-refractivity contribution < 1.29 is 14.1 Å². The molecule has 0 radical (unpaired) electrons. The molecule has 0 unspecified atom stereocenters. The summed E-state index contributed by atoms with van der Waals surface area (Å²) in [6, 6.07) is 8.92. The normalized spacial score (nSPS) is 12.4. The van der Waals surface area contributed by atoms with Gasteiger partial charge in [0.15, 0.2) is 8.45 Å². The van der Waals surface area contributed by atoms with Crippen LogP contribution in [0.2, 0.25) is 0 Å². The molecule has 1 aromatic rings. The molecule has 0 bridgehead atoms. The van der Waals surface area contributed by atoms with Crippen molar-refractivity contribution in [3.05, 3.63) is 35.4 Å². The van der Waals surface area contributed by atoms with Gasteiger partial charge in [-0.05, 0) is 67.0 Å². The van der Waals surface area contributed by atoms with Crippen molar-refractivity contribution in [1.82, 2.24) is 9.34 Å². The molecule has 0 N–H and O–H groups in total. The van der Waals surface area contributed by atoms with E-state index in [1.807, 2.05) is 18.2 Å². The first-order chi connectivity index (χ1) is 12.6. The van der Waals surface area contributed by atoms with Gasteiger partial charge in [0, 0.05) is 24.2 Å². The molecule has 0 saturated carbocycles. The van der Waals surface area contributed by atoms with Gasteiger partial charge in [-0.2, -0.15) is 0 Å². The monoisotopic (exact) mass is 396 g/mol. The molecule has 5 nitrogen and oxygen atoms in total. The molecule has 0 aliphatic rings. The van der Waals surface area contributed by atoms with Gasteiger partial charge in [0.1, 0.15) is 0 Å². The van der Waals surface area contributed by atoms with Gasteiger partial charge < -0.3 is 9.26 Å². The molecule has 6 heteroatoms. The smallest absolute Gasteiger partial charge is 0.338 e. The Hall–Kier alpha value is -1.00. The van der Waals surface area contributed by atoms with Crippen molar-refractivity contribution in [3.63, 3.8) is 0 Å². The number of hydrogen-bond acceptors (Lipinski definition) is 5. The maximum Gasteiger partial charge on any atom is 0.338 e. The molecular formula is C21H37N2O3P. The number of carbonyl (C=O) groups excluding carboxylic acids is 1. The molecule has 0 aliphatic carbocycles. The minimum Gasteiger partial charge on any atom is -0.465 e. The first-order valence-electron chi connectivity index (χ1n) is 9.77. The molecule has 0 fully saturated rings. The van der Waals surface area contributed by atoms with Crippen molar-refractivity contribution in [1.29, 1.82) is 0 Å². The fourth-order valence-electron chi connectivity index (χ4n) is 3.32. The lowest BCUT2D eigenvalue weighted by atomic mass is 10.1. The number of rotatable bonds is 10. The fraction of sp³-hybridized carbons (Fsp3) is 0.667. The van der Waals surface area contributed by atoms with Gasteiger partial charge in [-0.1, -0.05) is 18.2 Å². The minimum absolute atomic E-state index is 0.326. The van der Waals surface area contributed by atoms with Gasteiger partial charge >= 0.3 is 5.97 Å². The van der Waals surface area contributed by atoms with Crippen LogP contribution in [0.25, 0.3) is 0 Å². The van der Waals surface area contributed by atoms with Crippen LogP contribution in [-0.2, 0) is 15.9 Å². The summed E-state index contributed by atoms with van der Waals surface area (Å²) in [6.45, 7) is 18.0. The van der Waals surface area contributed by atoms with Crippen LogP contribution >= 0.6 is 8.45 Å². The van der Waals surface area contributed by atoms with E-state index in [0.717, 1.165) is 5.56 Å². The van der Waals surface area contributed by atoms with Crippen molar-refractivity contribution in [2.75, 3.05) is 7.11 Å². The zero-order chi connectivity index (χ0) is 20.7. The van der Waals surface area contributed by atoms with Crippen LogP contribution in [0.4, 0.5) is 0 Å². The van der Waals surface area contributed by atoms with E-state index < -0.39 is 8.45 Å². The van der Waals surface area contributed by atoms with Gasteiger partial charge in [-0.3, -0.25) is 0 Å². The molecule has 0 saturated heterocycles.